The number of carbonyl (C=O) groups is 2. The molecule has 0 spiro atoms. The second kappa shape index (κ2) is 7.20. The summed E-state index contributed by atoms with van der Waals surface area (Å²) in [6, 6.07) is 6.10. The number of phenolic OH excluding ortho intramolecular Hbond substituents is 1. The molecule has 0 bridgehead atoms. The van der Waals surface area contributed by atoms with Gasteiger partial charge in [0.25, 0.3) is 5.78 Å². The zero-order valence-electron chi connectivity index (χ0n) is 12.1. The monoisotopic (exact) mass is 392 g/mol. The van der Waals surface area contributed by atoms with Gasteiger partial charge < -0.3 is 15.7 Å². The number of anilines is 2. The number of Topliss-reactive ketones (excluding diaryl/α,β-unsaturated/α-hetero) is 1. The molecule has 25 heavy (non-hydrogen) atoms. The van der Waals surface area contributed by atoms with E-state index in [1.807, 2.05) is 0 Å². The van der Waals surface area contributed by atoms with E-state index in [9.17, 15) is 27.9 Å². The van der Waals surface area contributed by atoms with Crippen LogP contribution in [0.25, 0.3) is 0 Å². The number of aromatic hydroxyl groups is 1. The normalized spacial score (nSPS) is 11.1. The van der Waals surface area contributed by atoms with Crippen LogP contribution in [0.1, 0.15) is 10.4 Å². The van der Waals surface area contributed by atoms with Crippen molar-refractivity contribution in [1.29, 1.82) is 0 Å². The van der Waals surface area contributed by atoms with Gasteiger partial charge >= 0.3 is 12.2 Å². The first-order chi connectivity index (χ1) is 11.6. The molecule has 2 aromatic carbocycles. The van der Waals surface area contributed by atoms with Crippen molar-refractivity contribution in [2.45, 2.75) is 6.18 Å². The summed E-state index contributed by atoms with van der Waals surface area (Å²) in [7, 11) is 0. The van der Waals surface area contributed by atoms with E-state index >= 15 is 0 Å². The van der Waals surface area contributed by atoms with Gasteiger partial charge in [0.1, 0.15) is 5.75 Å². The molecule has 0 aliphatic carbocycles. The third-order valence-electron chi connectivity index (χ3n) is 2.97. The minimum atomic E-state index is -5.07. The molecule has 0 heterocycles. The lowest BCUT2D eigenvalue weighted by Crippen LogP contribution is -2.23. The number of hydrogen-bond donors (Lipinski definition) is 3. The summed E-state index contributed by atoms with van der Waals surface area (Å²) in [6.07, 6.45) is -5.07. The van der Waals surface area contributed by atoms with Gasteiger partial charge in [-0.25, -0.2) is 4.79 Å². The van der Waals surface area contributed by atoms with E-state index in [0.29, 0.717) is 6.07 Å². The van der Waals surface area contributed by atoms with Crippen LogP contribution >= 0.6 is 23.2 Å². The molecule has 2 amide bonds. The number of rotatable bonds is 3. The molecule has 0 fully saturated rings. The van der Waals surface area contributed by atoms with Crippen LogP contribution in [0.3, 0.4) is 0 Å². The Morgan fingerprint density at radius 2 is 1.64 bits per heavy atom. The average Bonchev–Trinajstić information content (AvgIpc) is 2.52. The van der Waals surface area contributed by atoms with Gasteiger partial charge in [0.05, 0.1) is 21.4 Å². The number of benzene rings is 2. The topological polar surface area (TPSA) is 78.4 Å². The molecule has 0 atom stereocenters. The van der Waals surface area contributed by atoms with E-state index in [2.05, 4.69) is 10.6 Å². The minimum absolute atomic E-state index is 0.0923. The van der Waals surface area contributed by atoms with E-state index in [0.717, 1.165) is 12.1 Å². The van der Waals surface area contributed by atoms with Crippen molar-refractivity contribution < 1.29 is 27.9 Å². The molecule has 3 N–H and O–H groups in total. The number of halogens is 5. The Kier molecular flexibility index (Phi) is 5.44. The third-order valence-corrected chi connectivity index (χ3v) is 3.78. The van der Waals surface area contributed by atoms with Crippen molar-refractivity contribution in [2.75, 3.05) is 10.6 Å². The molecule has 132 valence electrons. The van der Waals surface area contributed by atoms with Crippen molar-refractivity contribution >= 4 is 46.4 Å². The van der Waals surface area contributed by atoms with Gasteiger partial charge in [-0.05, 0) is 30.3 Å². The largest absolute Gasteiger partial charge is 0.506 e. The van der Waals surface area contributed by atoms with Crippen LogP contribution in [0, 0.1) is 0 Å². The minimum Gasteiger partial charge on any atom is -0.506 e. The fraction of sp³-hybridized carbons (Fsp3) is 0.0667. The molecule has 0 saturated carbocycles. The Morgan fingerprint density at radius 1 is 1.00 bits per heavy atom. The maximum atomic E-state index is 12.4. The standard InChI is InChI=1S/C15H9Cl2F3N2O3/c16-8-2-1-3-10(12(8)17)22-14(25)21-9-5-4-7(6-11(9)23)13(24)15(18,19)20/h1-6,23H,(H2,21,22,25). The summed E-state index contributed by atoms with van der Waals surface area (Å²) in [5.41, 5.74) is -0.766. The second-order valence-corrected chi connectivity index (χ2v) is 5.52. The first-order valence-corrected chi connectivity index (χ1v) is 7.31. The molecule has 0 saturated heterocycles. The van der Waals surface area contributed by atoms with Crippen LogP contribution in [0.15, 0.2) is 36.4 Å². The number of phenols is 1. The highest BCUT2D eigenvalue weighted by Gasteiger charge is 2.39. The van der Waals surface area contributed by atoms with E-state index in [-0.39, 0.29) is 21.4 Å². The fourth-order valence-electron chi connectivity index (χ4n) is 1.82. The number of nitrogens with one attached hydrogen (secondary N) is 2. The average molecular weight is 393 g/mol. The lowest BCUT2D eigenvalue weighted by atomic mass is 10.1. The van der Waals surface area contributed by atoms with E-state index < -0.39 is 29.3 Å². The van der Waals surface area contributed by atoms with Crippen molar-refractivity contribution in [1.82, 2.24) is 0 Å². The molecular weight excluding hydrogens is 384 g/mol. The van der Waals surface area contributed by atoms with Gasteiger partial charge in [0, 0.05) is 5.56 Å². The van der Waals surface area contributed by atoms with Gasteiger partial charge in [-0.1, -0.05) is 29.3 Å². The Bertz CT molecular complexity index is 841. The third kappa shape index (κ3) is 4.55. The quantitative estimate of drug-likeness (QED) is 0.502. The number of urea groups is 1. The van der Waals surface area contributed by atoms with E-state index in [4.69, 9.17) is 23.2 Å². The van der Waals surface area contributed by atoms with Crippen LogP contribution in [-0.2, 0) is 0 Å². The number of hydrogen-bond acceptors (Lipinski definition) is 3. The Balaban J connectivity index is 2.14. The van der Waals surface area contributed by atoms with Crippen LogP contribution in [0.2, 0.25) is 10.0 Å². The lowest BCUT2D eigenvalue weighted by Gasteiger charge is -2.12. The molecular formula is C15H9Cl2F3N2O3. The van der Waals surface area contributed by atoms with Crippen LogP contribution in [0.5, 0.6) is 5.75 Å². The predicted octanol–water partition coefficient (Wildman–Crippen LogP) is 5.09. The van der Waals surface area contributed by atoms with Crippen LogP contribution in [-0.4, -0.2) is 23.1 Å². The zero-order valence-corrected chi connectivity index (χ0v) is 13.6. The van der Waals surface area contributed by atoms with Gasteiger partial charge in [-0.2, -0.15) is 13.2 Å². The molecule has 5 nitrogen and oxygen atoms in total. The first kappa shape index (κ1) is 18.9. The van der Waals surface area contributed by atoms with E-state index in [1.54, 1.807) is 6.07 Å². The highest BCUT2D eigenvalue weighted by molar-refractivity contribution is 6.44. The Labute approximate surface area is 149 Å². The predicted molar refractivity (Wildman–Crippen MR) is 87.6 cm³/mol. The van der Waals surface area contributed by atoms with Gasteiger partial charge in [-0.15, -0.1) is 0 Å². The summed E-state index contributed by atoms with van der Waals surface area (Å²) >= 11 is 11.7. The van der Waals surface area contributed by atoms with Gasteiger partial charge in [-0.3, -0.25) is 4.79 Å². The van der Waals surface area contributed by atoms with Crippen molar-refractivity contribution in [2.24, 2.45) is 0 Å². The summed E-state index contributed by atoms with van der Waals surface area (Å²) in [4.78, 5) is 23.0. The summed E-state index contributed by atoms with van der Waals surface area (Å²) in [5, 5.41) is 14.6. The van der Waals surface area contributed by atoms with Gasteiger partial charge in [0.2, 0.25) is 0 Å². The molecule has 10 heteroatoms. The molecule has 0 aromatic heterocycles. The molecule has 0 aliphatic rings. The summed E-state index contributed by atoms with van der Waals surface area (Å²) < 4.78 is 37.1. The van der Waals surface area contributed by atoms with Crippen LogP contribution < -0.4 is 10.6 Å². The molecule has 0 aliphatic heterocycles. The SMILES string of the molecule is O=C(Nc1ccc(C(=O)C(F)(F)F)cc1O)Nc1cccc(Cl)c1Cl. The maximum absolute atomic E-state index is 12.4. The van der Waals surface area contributed by atoms with Crippen molar-refractivity contribution in [3.05, 3.63) is 52.0 Å². The summed E-state index contributed by atoms with van der Waals surface area (Å²) in [6.45, 7) is 0. The van der Waals surface area contributed by atoms with Crippen molar-refractivity contribution in [3.63, 3.8) is 0 Å². The van der Waals surface area contributed by atoms with E-state index in [1.165, 1.54) is 12.1 Å². The first-order valence-electron chi connectivity index (χ1n) is 6.56. The molecule has 2 rings (SSSR count). The lowest BCUT2D eigenvalue weighted by molar-refractivity contribution is -0.0885. The number of amides is 2. The highest BCUT2D eigenvalue weighted by Crippen LogP contribution is 2.31. The van der Waals surface area contributed by atoms with Gasteiger partial charge in [0.15, 0.2) is 0 Å². The number of carbonyl (C=O) groups excluding carboxylic acids is 2. The fourth-order valence-corrected chi connectivity index (χ4v) is 2.17. The number of ketones is 1. The maximum Gasteiger partial charge on any atom is 0.454 e. The van der Waals surface area contributed by atoms with Crippen LogP contribution in [0.4, 0.5) is 29.3 Å². The Morgan fingerprint density at radius 3 is 2.24 bits per heavy atom. The molecule has 0 radical (unpaired) electrons. The number of alkyl halides is 3. The van der Waals surface area contributed by atoms with Crippen molar-refractivity contribution in [3.8, 4) is 5.75 Å². The Hall–Kier alpha value is -2.45. The summed E-state index contributed by atoms with van der Waals surface area (Å²) in [5.74, 6) is -2.81. The molecule has 2 aromatic rings. The second-order valence-electron chi connectivity index (χ2n) is 4.74. The zero-order chi connectivity index (χ0) is 18.8. The molecule has 0 unspecified atom stereocenters. The highest BCUT2D eigenvalue weighted by atomic mass is 35.5. The smallest absolute Gasteiger partial charge is 0.454 e.